The van der Waals surface area contributed by atoms with E-state index < -0.39 is 16.1 Å². The first-order chi connectivity index (χ1) is 10.9. The molecule has 0 aliphatic carbocycles. The molecule has 0 bridgehead atoms. The number of benzene rings is 1. The van der Waals surface area contributed by atoms with E-state index in [1.165, 1.54) is 33.5 Å². The number of carbonyl (C=O) groups is 2. The quantitative estimate of drug-likeness (QED) is 0.819. The normalized spacial score (nSPS) is 20.8. The van der Waals surface area contributed by atoms with Gasteiger partial charge in [-0.15, -0.1) is 0 Å². The monoisotopic (exact) mass is 357 g/mol. The highest BCUT2D eigenvalue weighted by atomic mass is 35.5. The zero-order valence-corrected chi connectivity index (χ0v) is 13.8. The van der Waals surface area contributed by atoms with Crippen LogP contribution in [-0.2, 0) is 14.8 Å². The summed E-state index contributed by atoms with van der Waals surface area (Å²) >= 11 is 5.78. The third kappa shape index (κ3) is 3.06. The largest absolute Gasteiger partial charge is 0.329 e. The van der Waals surface area contributed by atoms with E-state index in [2.05, 4.69) is 5.32 Å². The summed E-state index contributed by atoms with van der Waals surface area (Å²) in [6.45, 7) is 0.557. The molecule has 23 heavy (non-hydrogen) atoms. The SMILES string of the molecule is O=C1CNC(=O)N1C1CCN(S(=O)(=O)c2ccc(Cl)cc2)CC1. The summed E-state index contributed by atoms with van der Waals surface area (Å²) in [6, 6.07) is 5.38. The lowest BCUT2D eigenvalue weighted by Gasteiger charge is -2.34. The van der Waals surface area contributed by atoms with Crippen LogP contribution in [0.5, 0.6) is 0 Å². The zero-order valence-electron chi connectivity index (χ0n) is 12.2. The van der Waals surface area contributed by atoms with Crippen LogP contribution in [0.4, 0.5) is 4.79 Å². The minimum Gasteiger partial charge on any atom is -0.329 e. The highest BCUT2D eigenvalue weighted by Crippen LogP contribution is 2.25. The van der Waals surface area contributed by atoms with Crippen molar-refractivity contribution in [3.8, 4) is 0 Å². The molecule has 7 nitrogen and oxygen atoms in total. The Labute approximate surface area is 139 Å². The van der Waals surface area contributed by atoms with Crippen LogP contribution in [0.15, 0.2) is 29.2 Å². The van der Waals surface area contributed by atoms with Gasteiger partial charge in [-0.25, -0.2) is 13.2 Å². The van der Waals surface area contributed by atoms with Crippen LogP contribution in [-0.4, -0.2) is 55.2 Å². The maximum Gasteiger partial charge on any atom is 0.324 e. The lowest BCUT2D eigenvalue weighted by atomic mass is 10.1. The highest BCUT2D eigenvalue weighted by Gasteiger charge is 2.38. The van der Waals surface area contributed by atoms with Crippen LogP contribution in [0.25, 0.3) is 0 Å². The molecule has 2 fully saturated rings. The first-order valence-corrected chi connectivity index (χ1v) is 9.07. The molecule has 2 heterocycles. The third-order valence-corrected chi connectivity index (χ3v) is 6.28. The molecule has 1 N–H and O–H groups in total. The van der Waals surface area contributed by atoms with E-state index in [9.17, 15) is 18.0 Å². The van der Waals surface area contributed by atoms with E-state index in [0.29, 0.717) is 17.9 Å². The molecule has 0 radical (unpaired) electrons. The first-order valence-electron chi connectivity index (χ1n) is 7.25. The van der Waals surface area contributed by atoms with E-state index in [1.54, 1.807) is 0 Å². The fourth-order valence-electron chi connectivity index (χ4n) is 2.90. The smallest absolute Gasteiger partial charge is 0.324 e. The number of carbonyl (C=O) groups excluding carboxylic acids is 2. The summed E-state index contributed by atoms with van der Waals surface area (Å²) in [5.41, 5.74) is 0. The Bertz CT molecular complexity index is 711. The average Bonchev–Trinajstić information content (AvgIpc) is 2.87. The number of hydrogen-bond acceptors (Lipinski definition) is 4. The Balaban J connectivity index is 1.70. The number of hydrogen-bond donors (Lipinski definition) is 1. The molecule has 0 aromatic heterocycles. The first kappa shape index (κ1) is 16.2. The van der Waals surface area contributed by atoms with Gasteiger partial charge in [0.2, 0.25) is 15.9 Å². The lowest BCUT2D eigenvalue weighted by molar-refractivity contribution is -0.127. The van der Waals surface area contributed by atoms with Crippen molar-refractivity contribution in [1.29, 1.82) is 0 Å². The van der Waals surface area contributed by atoms with Crippen molar-refractivity contribution in [1.82, 2.24) is 14.5 Å². The van der Waals surface area contributed by atoms with Crippen LogP contribution < -0.4 is 5.32 Å². The molecule has 124 valence electrons. The molecule has 1 aromatic carbocycles. The van der Waals surface area contributed by atoms with Gasteiger partial charge in [-0.1, -0.05) is 11.6 Å². The van der Waals surface area contributed by atoms with Crippen LogP contribution in [0.1, 0.15) is 12.8 Å². The van der Waals surface area contributed by atoms with Crippen molar-refractivity contribution >= 4 is 33.6 Å². The van der Waals surface area contributed by atoms with Crippen molar-refractivity contribution in [3.63, 3.8) is 0 Å². The Morgan fingerprint density at radius 3 is 2.22 bits per heavy atom. The number of urea groups is 1. The number of nitrogens with one attached hydrogen (secondary N) is 1. The molecule has 2 aliphatic heterocycles. The summed E-state index contributed by atoms with van der Waals surface area (Å²) < 4.78 is 26.5. The van der Waals surface area contributed by atoms with Crippen molar-refractivity contribution in [2.45, 2.75) is 23.8 Å². The fourth-order valence-corrected chi connectivity index (χ4v) is 4.50. The Morgan fingerprint density at radius 2 is 1.70 bits per heavy atom. The minimum atomic E-state index is -3.58. The molecule has 3 amide bonds. The number of piperidine rings is 1. The molecule has 0 unspecified atom stereocenters. The summed E-state index contributed by atoms with van der Waals surface area (Å²) in [5, 5.41) is 2.96. The average molecular weight is 358 g/mol. The standard InChI is InChI=1S/C14H16ClN3O4S/c15-10-1-3-12(4-2-10)23(21,22)17-7-5-11(6-8-17)18-13(19)9-16-14(18)20/h1-4,11H,5-9H2,(H,16,20). The summed E-state index contributed by atoms with van der Waals surface area (Å²) in [7, 11) is -3.58. The predicted octanol–water partition coefficient (Wildman–Crippen LogP) is 1.04. The topological polar surface area (TPSA) is 86.8 Å². The predicted molar refractivity (Wildman–Crippen MR) is 83.5 cm³/mol. The summed E-state index contributed by atoms with van der Waals surface area (Å²) in [4.78, 5) is 24.8. The van der Waals surface area contributed by atoms with E-state index in [4.69, 9.17) is 11.6 Å². The van der Waals surface area contributed by atoms with Gasteiger partial charge in [0, 0.05) is 24.2 Å². The molecule has 9 heteroatoms. The zero-order chi connectivity index (χ0) is 16.6. The van der Waals surface area contributed by atoms with Crippen LogP contribution >= 0.6 is 11.6 Å². The van der Waals surface area contributed by atoms with Gasteiger partial charge in [0.05, 0.1) is 11.4 Å². The van der Waals surface area contributed by atoms with Crippen molar-refractivity contribution in [3.05, 3.63) is 29.3 Å². The van der Waals surface area contributed by atoms with Gasteiger partial charge in [-0.05, 0) is 37.1 Å². The molecule has 3 rings (SSSR count). The van der Waals surface area contributed by atoms with Gasteiger partial charge in [0.15, 0.2) is 0 Å². The molecule has 2 saturated heterocycles. The van der Waals surface area contributed by atoms with Crippen molar-refractivity contribution in [2.75, 3.05) is 19.6 Å². The van der Waals surface area contributed by atoms with Crippen LogP contribution in [0.3, 0.4) is 0 Å². The summed E-state index contributed by atoms with van der Waals surface area (Å²) in [6.07, 6.45) is 0.873. The Hall–Kier alpha value is -1.64. The van der Waals surface area contributed by atoms with Crippen molar-refractivity contribution in [2.24, 2.45) is 0 Å². The van der Waals surface area contributed by atoms with Gasteiger partial charge in [0.25, 0.3) is 0 Å². The molecule has 2 aliphatic rings. The molecular weight excluding hydrogens is 342 g/mol. The van der Waals surface area contributed by atoms with Gasteiger partial charge in [-0.3, -0.25) is 9.69 Å². The Morgan fingerprint density at radius 1 is 1.09 bits per heavy atom. The fraction of sp³-hybridized carbons (Fsp3) is 0.429. The van der Waals surface area contributed by atoms with Gasteiger partial charge < -0.3 is 5.32 Å². The molecule has 0 spiro atoms. The number of amides is 3. The second-order valence-electron chi connectivity index (χ2n) is 5.51. The third-order valence-electron chi connectivity index (χ3n) is 4.12. The number of sulfonamides is 1. The van der Waals surface area contributed by atoms with Gasteiger partial charge in [-0.2, -0.15) is 4.31 Å². The maximum absolute atomic E-state index is 12.6. The van der Waals surface area contributed by atoms with E-state index in [1.807, 2.05) is 0 Å². The second kappa shape index (κ2) is 6.10. The maximum atomic E-state index is 12.6. The van der Waals surface area contributed by atoms with Gasteiger partial charge >= 0.3 is 6.03 Å². The number of halogens is 1. The molecule has 0 saturated carbocycles. The number of nitrogens with zero attached hydrogens (tertiary/aromatic N) is 2. The highest BCUT2D eigenvalue weighted by molar-refractivity contribution is 7.89. The van der Waals surface area contributed by atoms with Crippen molar-refractivity contribution < 1.29 is 18.0 Å². The summed E-state index contributed by atoms with van der Waals surface area (Å²) in [5.74, 6) is -0.256. The molecular formula is C14H16ClN3O4S. The van der Waals surface area contributed by atoms with Gasteiger partial charge in [0.1, 0.15) is 0 Å². The number of imide groups is 1. The van der Waals surface area contributed by atoms with E-state index >= 15 is 0 Å². The van der Waals surface area contributed by atoms with E-state index in [0.717, 1.165) is 0 Å². The molecule has 1 aromatic rings. The van der Waals surface area contributed by atoms with Crippen LogP contribution in [0, 0.1) is 0 Å². The van der Waals surface area contributed by atoms with Crippen LogP contribution in [0.2, 0.25) is 5.02 Å². The van der Waals surface area contributed by atoms with E-state index in [-0.39, 0.29) is 36.5 Å². The number of rotatable bonds is 3. The Kier molecular flexibility index (Phi) is 4.31. The molecule has 0 atom stereocenters. The second-order valence-corrected chi connectivity index (χ2v) is 7.89. The minimum absolute atomic E-state index is 0.0160. The lowest BCUT2D eigenvalue weighted by Crippen LogP contribution is -2.48.